The van der Waals surface area contributed by atoms with Gasteiger partial charge in [0.25, 0.3) is 0 Å². The molecule has 2 saturated heterocycles. The maximum Gasteiger partial charge on any atom is 0.436 e. The number of sulfonamides is 1. The number of nitrogens with zero attached hydrogens (tertiary/aromatic N) is 8. The van der Waals surface area contributed by atoms with Gasteiger partial charge in [-0.15, -0.1) is 0 Å². The van der Waals surface area contributed by atoms with Crippen LogP contribution >= 0.6 is 0 Å². The zero-order valence-corrected chi connectivity index (χ0v) is 22.2. The predicted octanol–water partition coefficient (Wildman–Crippen LogP) is 3.15. The van der Waals surface area contributed by atoms with Gasteiger partial charge in [-0.3, -0.25) is 10.00 Å². The Kier molecular flexibility index (Phi) is 6.55. The van der Waals surface area contributed by atoms with E-state index >= 15 is 0 Å². The standard InChI is InChI=1S/C25H23F4N9O2S/c26-20-19(1-7-31-22(20)25(27,28)29)41(39,40)38-9-3-17(4-10-38)36-13-24(14-36,5-6-30)37-8-2-16(12-37)21-18-11-34-35-23(18)33-15-32-21/h1-2,7-8,11-12,15,17H,3-5,9-10,13-14H2,(H,32,33,34,35). The van der Waals surface area contributed by atoms with E-state index in [4.69, 9.17) is 0 Å². The zero-order valence-electron chi connectivity index (χ0n) is 21.4. The lowest BCUT2D eigenvalue weighted by molar-refractivity contribution is -0.144. The lowest BCUT2D eigenvalue weighted by Gasteiger charge is -2.54. The lowest BCUT2D eigenvalue weighted by atomic mass is 9.83. The average molecular weight is 590 g/mol. The average Bonchev–Trinajstić information content (AvgIpc) is 3.60. The number of aromatic amines is 1. The summed E-state index contributed by atoms with van der Waals surface area (Å²) in [5.74, 6) is -1.90. The number of hydrogen-bond acceptors (Lipinski definition) is 8. The molecule has 0 saturated carbocycles. The summed E-state index contributed by atoms with van der Waals surface area (Å²) in [5.41, 5.74) is -0.153. The predicted molar refractivity (Wildman–Crippen MR) is 136 cm³/mol. The van der Waals surface area contributed by atoms with Crippen molar-refractivity contribution in [2.75, 3.05) is 26.2 Å². The van der Waals surface area contributed by atoms with Gasteiger partial charge in [-0.2, -0.15) is 27.8 Å². The van der Waals surface area contributed by atoms with Crippen LogP contribution in [0.25, 0.3) is 22.3 Å². The Hall–Kier alpha value is -3.94. The van der Waals surface area contributed by atoms with Crippen LogP contribution in [0.2, 0.25) is 0 Å². The summed E-state index contributed by atoms with van der Waals surface area (Å²) < 4.78 is 82.8. The van der Waals surface area contributed by atoms with E-state index in [1.54, 1.807) is 6.20 Å². The van der Waals surface area contributed by atoms with E-state index < -0.39 is 38.1 Å². The van der Waals surface area contributed by atoms with Crippen molar-refractivity contribution in [3.63, 3.8) is 0 Å². The van der Waals surface area contributed by atoms with Crippen LogP contribution in [0.1, 0.15) is 25.0 Å². The van der Waals surface area contributed by atoms with Crippen molar-refractivity contribution < 1.29 is 26.0 Å². The summed E-state index contributed by atoms with van der Waals surface area (Å²) in [6.45, 7) is 1.18. The van der Waals surface area contributed by atoms with Gasteiger partial charge in [0.05, 0.1) is 35.3 Å². The van der Waals surface area contributed by atoms with Crippen molar-refractivity contribution in [2.45, 2.75) is 41.9 Å². The summed E-state index contributed by atoms with van der Waals surface area (Å²) in [5, 5.41) is 17.2. The summed E-state index contributed by atoms with van der Waals surface area (Å²) >= 11 is 0. The number of halogens is 4. The molecular weight excluding hydrogens is 566 g/mol. The fraction of sp³-hybridized carbons (Fsp3) is 0.400. The Morgan fingerprint density at radius 1 is 1.15 bits per heavy atom. The molecule has 0 aliphatic carbocycles. The van der Waals surface area contributed by atoms with Crippen LogP contribution in [0.4, 0.5) is 17.6 Å². The first-order valence-corrected chi connectivity index (χ1v) is 14.1. The first kappa shape index (κ1) is 27.2. The quantitative estimate of drug-likeness (QED) is 0.339. The molecule has 0 aromatic carbocycles. The SMILES string of the molecule is N#CCC1(n2ccc(-c3ncnc4[nH]ncc34)c2)CN(C2CCN(S(=O)(=O)c3ccnc(C(F)(F)F)c3F)CC2)C1. The third-order valence-electron chi connectivity index (χ3n) is 7.84. The smallest absolute Gasteiger partial charge is 0.344 e. The molecule has 16 heteroatoms. The molecule has 0 spiro atoms. The highest BCUT2D eigenvalue weighted by atomic mass is 32.2. The van der Waals surface area contributed by atoms with Crippen molar-refractivity contribution in [2.24, 2.45) is 0 Å². The molecule has 1 N–H and O–H groups in total. The molecule has 0 atom stereocenters. The second-order valence-corrected chi connectivity index (χ2v) is 12.1. The van der Waals surface area contributed by atoms with Crippen molar-refractivity contribution >= 4 is 21.1 Å². The molecule has 0 amide bonds. The third-order valence-corrected chi connectivity index (χ3v) is 9.76. The largest absolute Gasteiger partial charge is 0.436 e. The number of H-pyrrole nitrogens is 1. The maximum absolute atomic E-state index is 14.5. The molecule has 0 bridgehead atoms. The number of piperidine rings is 1. The highest BCUT2D eigenvalue weighted by Crippen LogP contribution is 2.39. The molecule has 0 unspecified atom stereocenters. The Morgan fingerprint density at radius 2 is 1.90 bits per heavy atom. The molecular formula is C25H23F4N9O2S. The number of hydrogen-bond donors (Lipinski definition) is 1. The number of aromatic nitrogens is 6. The lowest BCUT2D eigenvalue weighted by Crippen LogP contribution is -2.66. The molecule has 0 radical (unpaired) electrons. The van der Waals surface area contributed by atoms with E-state index in [-0.39, 0.29) is 25.6 Å². The first-order valence-electron chi connectivity index (χ1n) is 12.7. The Labute approximate surface area is 231 Å². The van der Waals surface area contributed by atoms with Gasteiger partial charge in [-0.25, -0.2) is 27.8 Å². The van der Waals surface area contributed by atoms with Crippen LogP contribution in [-0.2, 0) is 21.7 Å². The van der Waals surface area contributed by atoms with Crippen LogP contribution in [0.15, 0.2) is 48.1 Å². The summed E-state index contributed by atoms with van der Waals surface area (Å²) in [7, 11) is -4.49. The number of fused-ring (bicyclic) bond motifs is 1. The molecule has 2 aliphatic heterocycles. The molecule has 41 heavy (non-hydrogen) atoms. The van der Waals surface area contributed by atoms with Gasteiger partial charge in [-0.1, -0.05) is 0 Å². The van der Waals surface area contributed by atoms with Gasteiger partial charge >= 0.3 is 6.18 Å². The van der Waals surface area contributed by atoms with E-state index in [1.165, 1.54) is 6.33 Å². The normalized spacial score (nSPS) is 18.8. The highest BCUT2D eigenvalue weighted by molar-refractivity contribution is 7.89. The third kappa shape index (κ3) is 4.63. The monoisotopic (exact) mass is 589 g/mol. The van der Waals surface area contributed by atoms with Crippen molar-refractivity contribution in [1.29, 1.82) is 5.26 Å². The summed E-state index contributed by atoms with van der Waals surface area (Å²) in [6.07, 6.45) is 3.58. The van der Waals surface area contributed by atoms with Crippen molar-refractivity contribution in [1.82, 2.24) is 38.9 Å². The first-order chi connectivity index (χ1) is 19.5. The molecule has 4 aromatic heterocycles. The number of rotatable bonds is 6. The van der Waals surface area contributed by atoms with E-state index in [9.17, 15) is 31.2 Å². The molecule has 2 aliphatic rings. The zero-order chi connectivity index (χ0) is 29.0. The van der Waals surface area contributed by atoms with Crippen LogP contribution in [-0.4, -0.2) is 79.6 Å². The maximum atomic E-state index is 14.5. The Morgan fingerprint density at radius 3 is 2.61 bits per heavy atom. The molecule has 4 aromatic rings. The minimum atomic E-state index is -5.11. The summed E-state index contributed by atoms with van der Waals surface area (Å²) in [4.78, 5) is 12.7. The molecule has 6 heterocycles. The minimum Gasteiger partial charge on any atom is -0.344 e. The second-order valence-electron chi connectivity index (χ2n) is 10.2. The minimum absolute atomic E-state index is 0.00347. The number of nitriles is 1. The molecule has 214 valence electrons. The van der Waals surface area contributed by atoms with Gasteiger partial charge in [-0.05, 0) is 25.0 Å². The highest BCUT2D eigenvalue weighted by Gasteiger charge is 2.48. The van der Waals surface area contributed by atoms with Crippen molar-refractivity contribution in [3.05, 3.63) is 54.8 Å². The topological polar surface area (TPSA) is 137 Å². The fourth-order valence-corrected chi connectivity index (χ4v) is 7.24. The summed E-state index contributed by atoms with van der Waals surface area (Å²) in [6, 6.07) is 4.95. The van der Waals surface area contributed by atoms with Gasteiger partial charge in [0.1, 0.15) is 11.2 Å². The van der Waals surface area contributed by atoms with Gasteiger partial charge in [0.15, 0.2) is 17.2 Å². The van der Waals surface area contributed by atoms with Crippen molar-refractivity contribution in [3.8, 4) is 17.3 Å². The Balaban J connectivity index is 1.14. The van der Waals surface area contributed by atoms with E-state index in [1.807, 2.05) is 23.0 Å². The van der Waals surface area contributed by atoms with Gasteiger partial charge < -0.3 is 4.57 Å². The Bertz CT molecular complexity index is 1750. The van der Waals surface area contributed by atoms with Crippen LogP contribution in [0.3, 0.4) is 0 Å². The number of nitrogens with one attached hydrogen (secondary N) is 1. The van der Waals surface area contributed by atoms with E-state index in [0.717, 1.165) is 21.3 Å². The van der Waals surface area contributed by atoms with Gasteiger partial charge in [0.2, 0.25) is 10.0 Å². The molecule has 2 fully saturated rings. The number of likely N-dealkylation sites (tertiary alicyclic amines) is 1. The van der Waals surface area contributed by atoms with Crippen LogP contribution in [0.5, 0.6) is 0 Å². The van der Waals surface area contributed by atoms with Crippen LogP contribution < -0.4 is 0 Å². The molecule has 11 nitrogen and oxygen atoms in total. The van der Waals surface area contributed by atoms with Crippen LogP contribution in [0, 0.1) is 17.1 Å². The van der Waals surface area contributed by atoms with E-state index in [2.05, 4.69) is 36.1 Å². The number of alkyl halides is 3. The van der Waals surface area contributed by atoms with Gasteiger partial charge in [0, 0.05) is 56.4 Å². The second kappa shape index (κ2) is 9.86. The van der Waals surface area contributed by atoms with E-state index in [0.29, 0.717) is 43.5 Å². The molecule has 6 rings (SSSR count). The number of pyridine rings is 1. The fourth-order valence-electron chi connectivity index (χ4n) is 5.72.